The molecular formula is C24H18N4O4. The largest absolute Gasteiger partial charge is 0.478 e. The quantitative estimate of drug-likeness (QED) is 0.484. The average Bonchev–Trinajstić information content (AvgIpc) is 2.78. The Morgan fingerprint density at radius 1 is 0.594 bits per heavy atom. The van der Waals surface area contributed by atoms with Crippen molar-refractivity contribution < 1.29 is 19.8 Å². The van der Waals surface area contributed by atoms with Gasteiger partial charge in [-0.2, -0.15) is 0 Å². The summed E-state index contributed by atoms with van der Waals surface area (Å²) in [4.78, 5) is 40.8. The van der Waals surface area contributed by atoms with E-state index in [2.05, 4.69) is 19.9 Å². The summed E-state index contributed by atoms with van der Waals surface area (Å²) in [6, 6.07) is 13.0. The van der Waals surface area contributed by atoms with Crippen LogP contribution in [0.5, 0.6) is 0 Å². The van der Waals surface area contributed by atoms with Crippen LogP contribution in [0.1, 0.15) is 31.8 Å². The van der Waals surface area contributed by atoms with Gasteiger partial charge in [0, 0.05) is 12.4 Å². The van der Waals surface area contributed by atoms with E-state index in [1.807, 2.05) is 32.0 Å². The molecule has 4 rings (SSSR count). The zero-order chi connectivity index (χ0) is 22.8. The van der Waals surface area contributed by atoms with Crippen LogP contribution in [0, 0.1) is 13.8 Å². The molecule has 32 heavy (non-hydrogen) atoms. The number of carboxylic acid groups (broad SMARTS) is 2. The minimum absolute atomic E-state index is 0.00827. The first-order valence-electron chi connectivity index (χ1n) is 9.67. The molecule has 4 aromatic rings. The lowest BCUT2D eigenvalue weighted by molar-refractivity contribution is 0.0686. The van der Waals surface area contributed by atoms with Crippen molar-refractivity contribution in [3.8, 4) is 34.2 Å². The molecule has 8 nitrogen and oxygen atoms in total. The molecule has 0 fully saturated rings. The molecule has 158 valence electrons. The van der Waals surface area contributed by atoms with Gasteiger partial charge in [-0.25, -0.2) is 19.6 Å². The lowest BCUT2D eigenvalue weighted by atomic mass is 10.1. The highest BCUT2D eigenvalue weighted by molar-refractivity contribution is 5.91. The molecule has 0 saturated heterocycles. The SMILES string of the molecule is Cc1ccnc(-c2cc(C)cc(-c3cc(C(=O)O)cc(-c4cc(C(=O)O)ccn4)n3)n2)c1. The van der Waals surface area contributed by atoms with Gasteiger partial charge in [0.25, 0.3) is 0 Å². The number of nitrogens with zero attached hydrogens (tertiary/aromatic N) is 4. The number of hydrogen-bond acceptors (Lipinski definition) is 6. The maximum atomic E-state index is 11.8. The molecule has 0 amide bonds. The Morgan fingerprint density at radius 3 is 1.62 bits per heavy atom. The third-order valence-electron chi connectivity index (χ3n) is 4.75. The van der Waals surface area contributed by atoms with E-state index in [4.69, 9.17) is 0 Å². The fraction of sp³-hybridized carbons (Fsp3) is 0.0833. The molecule has 2 N–H and O–H groups in total. The number of carbonyl (C=O) groups is 2. The van der Waals surface area contributed by atoms with Gasteiger partial charge in [0.2, 0.25) is 0 Å². The molecule has 0 bridgehead atoms. The molecule has 0 spiro atoms. The lowest BCUT2D eigenvalue weighted by Crippen LogP contribution is -2.03. The van der Waals surface area contributed by atoms with E-state index >= 15 is 0 Å². The van der Waals surface area contributed by atoms with Crippen LogP contribution in [0.25, 0.3) is 34.2 Å². The molecule has 8 heteroatoms. The monoisotopic (exact) mass is 426 g/mol. The van der Waals surface area contributed by atoms with Gasteiger partial charge in [-0.3, -0.25) is 9.97 Å². The second-order valence-electron chi connectivity index (χ2n) is 7.30. The van der Waals surface area contributed by atoms with Crippen molar-refractivity contribution in [3.63, 3.8) is 0 Å². The van der Waals surface area contributed by atoms with Crippen molar-refractivity contribution in [2.75, 3.05) is 0 Å². The predicted octanol–water partition coefficient (Wildman–Crippen LogP) is 4.28. The lowest BCUT2D eigenvalue weighted by Gasteiger charge is -2.10. The molecule has 0 radical (unpaired) electrons. The number of pyridine rings is 4. The van der Waals surface area contributed by atoms with Gasteiger partial charge in [0.1, 0.15) is 0 Å². The van der Waals surface area contributed by atoms with Crippen molar-refractivity contribution in [1.82, 2.24) is 19.9 Å². The topological polar surface area (TPSA) is 126 Å². The van der Waals surface area contributed by atoms with Crippen LogP contribution in [0.2, 0.25) is 0 Å². The van der Waals surface area contributed by atoms with E-state index in [0.29, 0.717) is 22.8 Å². The van der Waals surface area contributed by atoms with Crippen LogP contribution in [0.4, 0.5) is 0 Å². The highest BCUT2D eigenvalue weighted by atomic mass is 16.4. The molecule has 0 aliphatic carbocycles. The number of carboxylic acids is 2. The Morgan fingerprint density at radius 2 is 1.03 bits per heavy atom. The Balaban J connectivity index is 1.88. The van der Waals surface area contributed by atoms with Crippen LogP contribution in [0.15, 0.2) is 60.9 Å². The van der Waals surface area contributed by atoms with Gasteiger partial charge in [-0.1, -0.05) is 0 Å². The van der Waals surface area contributed by atoms with Gasteiger partial charge in [-0.15, -0.1) is 0 Å². The third-order valence-corrected chi connectivity index (χ3v) is 4.75. The third kappa shape index (κ3) is 4.34. The summed E-state index contributed by atoms with van der Waals surface area (Å²) >= 11 is 0. The summed E-state index contributed by atoms with van der Waals surface area (Å²) < 4.78 is 0. The van der Waals surface area contributed by atoms with Gasteiger partial charge in [0.05, 0.1) is 45.3 Å². The molecule has 0 saturated carbocycles. The Hall–Kier alpha value is -4.46. The van der Waals surface area contributed by atoms with E-state index in [0.717, 1.165) is 11.1 Å². The van der Waals surface area contributed by atoms with Crippen molar-refractivity contribution >= 4 is 11.9 Å². The second kappa shape index (κ2) is 8.35. The predicted molar refractivity (Wildman–Crippen MR) is 117 cm³/mol. The molecule has 0 atom stereocenters. The smallest absolute Gasteiger partial charge is 0.335 e. The number of aromatic nitrogens is 4. The van der Waals surface area contributed by atoms with Gasteiger partial charge in [-0.05, 0) is 73.5 Å². The first kappa shape index (κ1) is 20.8. The van der Waals surface area contributed by atoms with E-state index < -0.39 is 11.9 Å². The fourth-order valence-electron chi connectivity index (χ4n) is 3.23. The second-order valence-corrected chi connectivity index (χ2v) is 7.30. The summed E-state index contributed by atoms with van der Waals surface area (Å²) in [6.45, 7) is 3.87. The van der Waals surface area contributed by atoms with Crippen LogP contribution in [-0.2, 0) is 0 Å². The van der Waals surface area contributed by atoms with E-state index in [1.54, 1.807) is 12.3 Å². The highest BCUT2D eigenvalue weighted by Crippen LogP contribution is 2.27. The summed E-state index contributed by atoms with van der Waals surface area (Å²) in [5.74, 6) is -2.25. The van der Waals surface area contributed by atoms with Crippen LogP contribution in [0.3, 0.4) is 0 Å². The Bertz CT molecular complexity index is 1370. The molecule has 0 aliphatic heterocycles. The summed E-state index contributed by atoms with van der Waals surface area (Å²) in [5, 5.41) is 18.9. The first-order valence-corrected chi connectivity index (χ1v) is 9.67. The molecule has 0 aliphatic rings. The number of aromatic carboxylic acids is 2. The number of hydrogen-bond donors (Lipinski definition) is 2. The van der Waals surface area contributed by atoms with Gasteiger partial charge in [0.15, 0.2) is 0 Å². The molecule has 0 unspecified atom stereocenters. The van der Waals surface area contributed by atoms with E-state index in [-0.39, 0.29) is 22.5 Å². The summed E-state index contributed by atoms with van der Waals surface area (Å²) in [5.41, 5.74) is 4.60. The average molecular weight is 426 g/mol. The van der Waals surface area contributed by atoms with Crippen molar-refractivity contribution in [2.24, 2.45) is 0 Å². The summed E-state index contributed by atoms with van der Waals surface area (Å²) in [7, 11) is 0. The Labute approximate surface area is 183 Å². The van der Waals surface area contributed by atoms with E-state index in [1.165, 1.54) is 30.5 Å². The minimum atomic E-state index is -1.14. The summed E-state index contributed by atoms with van der Waals surface area (Å²) in [6.07, 6.45) is 3.05. The van der Waals surface area contributed by atoms with Crippen LogP contribution < -0.4 is 0 Å². The van der Waals surface area contributed by atoms with E-state index in [9.17, 15) is 19.8 Å². The Kier molecular flexibility index (Phi) is 5.43. The first-order chi connectivity index (χ1) is 15.3. The molecule has 0 aromatic carbocycles. The number of rotatable bonds is 5. The van der Waals surface area contributed by atoms with Crippen molar-refractivity contribution in [1.29, 1.82) is 0 Å². The maximum absolute atomic E-state index is 11.8. The van der Waals surface area contributed by atoms with Gasteiger partial charge >= 0.3 is 11.9 Å². The normalized spacial score (nSPS) is 10.7. The molecular weight excluding hydrogens is 408 g/mol. The van der Waals surface area contributed by atoms with Crippen LogP contribution >= 0.6 is 0 Å². The standard InChI is InChI=1S/C24H18N4O4/c1-13-3-5-25-17(7-13)19-8-14(2)9-20(27-19)22-12-16(24(31)32)11-21(28-22)18-10-15(23(29)30)4-6-26-18/h3-12H,1-2H3,(H,29,30)(H,31,32). The van der Waals surface area contributed by atoms with Crippen molar-refractivity contribution in [3.05, 3.63) is 83.2 Å². The molecule has 4 heterocycles. The maximum Gasteiger partial charge on any atom is 0.335 e. The highest BCUT2D eigenvalue weighted by Gasteiger charge is 2.15. The molecule has 4 aromatic heterocycles. The zero-order valence-electron chi connectivity index (χ0n) is 17.3. The zero-order valence-corrected chi connectivity index (χ0v) is 17.3. The van der Waals surface area contributed by atoms with Crippen molar-refractivity contribution in [2.45, 2.75) is 13.8 Å². The number of aryl methyl sites for hydroxylation is 2. The fourth-order valence-corrected chi connectivity index (χ4v) is 3.23. The minimum Gasteiger partial charge on any atom is -0.478 e. The van der Waals surface area contributed by atoms with Crippen LogP contribution in [-0.4, -0.2) is 42.1 Å². The van der Waals surface area contributed by atoms with Gasteiger partial charge < -0.3 is 10.2 Å².